The summed E-state index contributed by atoms with van der Waals surface area (Å²) in [6, 6.07) is 4.97. The summed E-state index contributed by atoms with van der Waals surface area (Å²) in [6.45, 7) is 2.83. The lowest BCUT2D eigenvalue weighted by Gasteiger charge is -2.23. The van der Waals surface area contributed by atoms with Gasteiger partial charge in [0.1, 0.15) is 5.58 Å². The van der Waals surface area contributed by atoms with Crippen LogP contribution >= 0.6 is 11.6 Å². The first-order valence-corrected chi connectivity index (χ1v) is 10.2. The van der Waals surface area contributed by atoms with Crippen LogP contribution in [0, 0.1) is 6.92 Å². The number of nitrogens with one attached hydrogen (secondary N) is 1. The van der Waals surface area contributed by atoms with E-state index in [0.29, 0.717) is 28.0 Å². The SMILES string of the molecule is Cc1c(C(=O)OCC(=O)N[C@]2(C)CCS(=O)(=O)C2)oc2ccc(Cl)cc12. The summed E-state index contributed by atoms with van der Waals surface area (Å²) < 4.78 is 33.6. The number of sulfone groups is 1. The predicted octanol–water partition coefficient (Wildman–Crippen LogP) is 2.24. The van der Waals surface area contributed by atoms with Crippen LogP contribution in [0.1, 0.15) is 29.5 Å². The fourth-order valence-electron chi connectivity index (χ4n) is 3.07. The number of halogens is 1. The van der Waals surface area contributed by atoms with Crippen LogP contribution in [0.15, 0.2) is 22.6 Å². The third-order valence-electron chi connectivity index (χ3n) is 4.36. The van der Waals surface area contributed by atoms with Crippen LogP contribution in [0.5, 0.6) is 0 Å². The number of rotatable bonds is 4. The molecule has 1 atom stereocenters. The van der Waals surface area contributed by atoms with Crippen molar-refractivity contribution >= 4 is 44.3 Å². The molecule has 1 aromatic heterocycles. The lowest BCUT2D eigenvalue weighted by Crippen LogP contribution is -2.48. The molecule has 1 saturated heterocycles. The molecule has 1 fully saturated rings. The number of carbonyl (C=O) groups is 2. The average molecular weight is 400 g/mol. The van der Waals surface area contributed by atoms with Crippen molar-refractivity contribution in [3.05, 3.63) is 34.5 Å². The Morgan fingerprint density at radius 1 is 1.38 bits per heavy atom. The van der Waals surface area contributed by atoms with Crippen molar-refractivity contribution in [2.45, 2.75) is 25.8 Å². The van der Waals surface area contributed by atoms with E-state index in [4.69, 9.17) is 20.8 Å². The van der Waals surface area contributed by atoms with Gasteiger partial charge in [-0.25, -0.2) is 13.2 Å². The van der Waals surface area contributed by atoms with Crippen molar-refractivity contribution < 1.29 is 27.2 Å². The summed E-state index contributed by atoms with van der Waals surface area (Å²) in [5.41, 5.74) is 0.225. The molecular weight excluding hydrogens is 382 g/mol. The minimum atomic E-state index is -3.15. The molecule has 1 amide bonds. The van der Waals surface area contributed by atoms with Gasteiger partial charge < -0.3 is 14.5 Å². The zero-order valence-electron chi connectivity index (χ0n) is 14.3. The first-order valence-electron chi connectivity index (χ1n) is 7.96. The van der Waals surface area contributed by atoms with Crippen LogP contribution in [-0.2, 0) is 19.4 Å². The third-order valence-corrected chi connectivity index (χ3v) is 6.50. The number of furan rings is 1. The normalized spacial score (nSPS) is 21.7. The monoisotopic (exact) mass is 399 g/mol. The number of ether oxygens (including phenoxy) is 1. The number of hydrogen-bond donors (Lipinski definition) is 1. The number of aryl methyl sites for hydroxylation is 1. The Morgan fingerprint density at radius 2 is 2.12 bits per heavy atom. The van der Waals surface area contributed by atoms with E-state index in [0.717, 1.165) is 0 Å². The molecule has 0 aliphatic carbocycles. The molecule has 140 valence electrons. The molecule has 1 N–H and O–H groups in total. The maximum absolute atomic E-state index is 12.2. The standard InChI is InChI=1S/C17H18ClNO6S/c1-10-12-7-11(18)3-4-13(12)25-15(10)16(21)24-8-14(20)19-17(2)5-6-26(22,23)9-17/h3-4,7H,5-6,8-9H2,1-2H3,(H,19,20)/t17-/m1/s1. The summed E-state index contributed by atoms with van der Waals surface area (Å²) in [4.78, 5) is 24.2. The Bertz CT molecular complexity index is 996. The van der Waals surface area contributed by atoms with E-state index in [2.05, 4.69) is 5.32 Å². The zero-order valence-corrected chi connectivity index (χ0v) is 15.9. The van der Waals surface area contributed by atoms with E-state index in [9.17, 15) is 18.0 Å². The first kappa shape index (κ1) is 18.7. The molecule has 3 rings (SSSR count). The summed E-state index contributed by atoms with van der Waals surface area (Å²) in [6.07, 6.45) is 0.332. The summed E-state index contributed by atoms with van der Waals surface area (Å²) >= 11 is 5.94. The van der Waals surface area contributed by atoms with Crippen LogP contribution in [0.4, 0.5) is 0 Å². The number of carbonyl (C=O) groups excluding carboxylic acids is 2. The summed E-state index contributed by atoms with van der Waals surface area (Å²) in [5, 5.41) is 3.83. The highest BCUT2D eigenvalue weighted by atomic mass is 35.5. The van der Waals surface area contributed by atoms with Crippen LogP contribution in [-0.4, -0.2) is 43.9 Å². The lowest BCUT2D eigenvalue weighted by atomic mass is 10.0. The molecule has 0 radical (unpaired) electrons. The molecule has 9 heteroatoms. The topological polar surface area (TPSA) is 103 Å². The fourth-order valence-corrected chi connectivity index (χ4v) is 5.33. The molecule has 0 bridgehead atoms. The average Bonchev–Trinajstić information content (AvgIpc) is 3.01. The van der Waals surface area contributed by atoms with Gasteiger partial charge in [-0.2, -0.15) is 0 Å². The van der Waals surface area contributed by atoms with E-state index in [1.165, 1.54) is 0 Å². The van der Waals surface area contributed by atoms with Gasteiger partial charge in [-0.15, -0.1) is 0 Å². The van der Waals surface area contributed by atoms with Crippen molar-refractivity contribution in [1.82, 2.24) is 5.32 Å². The van der Waals surface area contributed by atoms with Gasteiger partial charge in [0.25, 0.3) is 5.91 Å². The van der Waals surface area contributed by atoms with E-state index < -0.39 is 33.9 Å². The molecule has 2 aromatic rings. The Kier molecular flexibility index (Phi) is 4.74. The lowest BCUT2D eigenvalue weighted by molar-refractivity contribution is -0.125. The van der Waals surface area contributed by atoms with Crippen LogP contribution < -0.4 is 5.32 Å². The first-order chi connectivity index (χ1) is 12.1. The molecular formula is C17H18ClNO6S. The highest BCUT2D eigenvalue weighted by Gasteiger charge is 2.39. The summed E-state index contributed by atoms with van der Waals surface area (Å²) in [7, 11) is -3.15. The number of benzene rings is 1. The smallest absolute Gasteiger partial charge is 0.375 e. The number of amides is 1. The highest BCUT2D eigenvalue weighted by molar-refractivity contribution is 7.91. The molecule has 0 saturated carbocycles. The number of hydrogen-bond acceptors (Lipinski definition) is 6. The van der Waals surface area contributed by atoms with Crippen LogP contribution in [0.2, 0.25) is 5.02 Å². The Labute approximate surface area is 155 Å². The van der Waals surface area contributed by atoms with Gasteiger partial charge in [0.2, 0.25) is 5.76 Å². The van der Waals surface area contributed by atoms with E-state index >= 15 is 0 Å². The van der Waals surface area contributed by atoms with Crippen LogP contribution in [0.25, 0.3) is 11.0 Å². The molecule has 0 unspecified atom stereocenters. The van der Waals surface area contributed by atoms with Crippen molar-refractivity contribution in [1.29, 1.82) is 0 Å². The van der Waals surface area contributed by atoms with Crippen molar-refractivity contribution in [3.63, 3.8) is 0 Å². The van der Waals surface area contributed by atoms with Crippen molar-refractivity contribution in [3.8, 4) is 0 Å². The van der Waals surface area contributed by atoms with Gasteiger partial charge in [-0.05, 0) is 38.5 Å². The molecule has 0 spiro atoms. The van der Waals surface area contributed by atoms with Crippen molar-refractivity contribution in [2.75, 3.05) is 18.1 Å². The van der Waals surface area contributed by atoms with Gasteiger partial charge in [0, 0.05) is 16.0 Å². The Morgan fingerprint density at radius 3 is 2.77 bits per heavy atom. The van der Waals surface area contributed by atoms with Crippen LogP contribution in [0.3, 0.4) is 0 Å². The van der Waals surface area contributed by atoms with Crippen molar-refractivity contribution in [2.24, 2.45) is 0 Å². The van der Waals surface area contributed by atoms with Gasteiger partial charge >= 0.3 is 5.97 Å². The van der Waals surface area contributed by atoms with E-state index in [-0.39, 0.29) is 17.3 Å². The summed E-state index contributed by atoms with van der Waals surface area (Å²) in [5.74, 6) is -1.42. The number of esters is 1. The van der Waals surface area contributed by atoms with Gasteiger partial charge in [0.05, 0.1) is 17.0 Å². The molecule has 1 aromatic carbocycles. The zero-order chi connectivity index (χ0) is 19.1. The second-order valence-electron chi connectivity index (χ2n) is 6.72. The Balaban J connectivity index is 1.64. The largest absolute Gasteiger partial charge is 0.450 e. The van der Waals surface area contributed by atoms with Gasteiger partial charge in [-0.3, -0.25) is 4.79 Å². The predicted molar refractivity (Wildman–Crippen MR) is 96.1 cm³/mol. The van der Waals surface area contributed by atoms with Gasteiger partial charge in [-0.1, -0.05) is 11.6 Å². The molecule has 26 heavy (non-hydrogen) atoms. The maximum Gasteiger partial charge on any atom is 0.375 e. The number of fused-ring (bicyclic) bond motifs is 1. The molecule has 2 heterocycles. The highest BCUT2D eigenvalue weighted by Crippen LogP contribution is 2.28. The molecule has 1 aliphatic heterocycles. The molecule has 1 aliphatic rings. The minimum absolute atomic E-state index is 0.00437. The minimum Gasteiger partial charge on any atom is -0.450 e. The van der Waals surface area contributed by atoms with E-state index in [1.807, 2.05) is 0 Å². The Hall–Kier alpha value is -2.06. The maximum atomic E-state index is 12.2. The quantitative estimate of drug-likeness (QED) is 0.791. The van der Waals surface area contributed by atoms with E-state index in [1.54, 1.807) is 32.0 Å². The second kappa shape index (κ2) is 6.59. The molecule has 7 nitrogen and oxygen atoms in total. The second-order valence-corrected chi connectivity index (χ2v) is 9.34. The fraction of sp³-hybridized carbons (Fsp3) is 0.412. The third kappa shape index (κ3) is 3.86. The van der Waals surface area contributed by atoms with Gasteiger partial charge in [0.15, 0.2) is 16.4 Å².